The van der Waals surface area contributed by atoms with Crippen LogP contribution in [0.2, 0.25) is 0 Å². The second-order valence-corrected chi connectivity index (χ2v) is 6.48. The number of fused-ring (bicyclic) bond motifs is 1. The summed E-state index contributed by atoms with van der Waals surface area (Å²) in [5.74, 6) is 0.490. The summed E-state index contributed by atoms with van der Waals surface area (Å²) in [5.41, 5.74) is 1.82. The van der Waals surface area contributed by atoms with Crippen LogP contribution < -0.4 is 21.1 Å². The van der Waals surface area contributed by atoms with Crippen molar-refractivity contribution in [3.63, 3.8) is 0 Å². The molecule has 3 aromatic rings. The molecule has 0 bridgehead atoms. The van der Waals surface area contributed by atoms with Crippen LogP contribution in [0.1, 0.15) is 5.01 Å². The van der Waals surface area contributed by atoms with Crippen LogP contribution in [0.25, 0.3) is 11.0 Å². The zero-order valence-electron chi connectivity index (χ0n) is 14.2. The van der Waals surface area contributed by atoms with E-state index < -0.39 is 0 Å². The number of imidazole rings is 1. The topological polar surface area (TPSA) is 90.2 Å². The molecule has 2 aromatic heterocycles. The van der Waals surface area contributed by atoms with Gasteiger partial charge in [0, 0.05) is 44.7 Å². The van der Waals surface area contributed by atoms with Gasteiger partial charge < -0.3 is 15.4 Å². The lowest BCUT2D eigenvalue weighted by Crippen LogP contribution is -2.30. The Balaban J connectivity index is 1.76. The lowest BCUT2D eigenvalue weighted by molar-refractivity contribution is 0.252. The van der Waals surface area contributed by atoms with Crippen molar-refractivity contribution in [3.05, 3.63) is 39.2 Å². The molecule has 0 aliphatic heterocycles. The predicted octanol–water partition coefficient (Wildman–Crippen LogP) is 1.71. The van der Waals surface area contributed by atoms with Crippen LogP contribution >= 0.6 is 11.3 Å². The molecule has 0 fully saturated rings. The maximum Gasteiger partial charge on any atom is 0.328 e. The Bertz CT molecular complexity index is 958. The molecular weight excluding hydrogens is 342 g/mol. The Labute approximate surface area is 148 Å². The van der Waals surface area contributed by atoms with Gasteiger partial charge in [-0.05, 0) is 6.07 Å². The number of hydrogen-bond donors (Lipinski definition) is 2. The fraction of sp³-hybridized carbons (Fsp3) is 0.312. The first kappa shape index (κ1) is 17.0. The summed E-state index contributed by atoms with van der Waals surface area (Å²) in [4.78, 5) is 28.4. The van der Waals surface area contributed by atoms with E-state index in [1.807, 2.05) is 5.38 Å². The monoisotopic (exact) mass is 361 g/mol. The van der Waals surface area contributed by atoms with Gasteiger partial charge in [0.05, 0.1) is 28.8 Å². The maximum absolute atomic E-state index is 12.1. The van der Waals surface area contributed by atoms with E-state index in [0.717, 1.165) is 10.5 Å². The van der Waals surface area contributed by atoms with Crippen LogP contribution in [0.4, 0.5) is 10.5 Å². The summed E-state index contributed by atoms with van der Waals surface area (Å²) in [6, 6.07) is 3.13. The largest absolute Gasteiger partial charge is 0.494 e. The van der Waals surface area contributed by atoms with Crippen LogP contribution in [0.15, 0.2) is 28.5 Å². The van der Waals surface area contributed by atoms with Crippen LogP contribution in [0.3, 0.4) is 0 Å². The highest BCUT2D eigenvalue weighted by Crippen LogP contribution is 2.29. The van der Waals surface area contributed by atoms with Gasteiger partial charge in [0.1, 0.15) is 5.75 Å². The van der Waals surface area contributed by atoms with Gasteiger partial charge in [-0.3, -0.25) is 9.13 Å². The molecular formula is C16H19N5O3S. The molecule has 1 aromatic carbocycles. The number of carbonyl (C=O) groups is 1. The quantitative estimate of drug-likeness (QED) is 0.724. The number of rotatable bonds is 5. The molecule has 0 atom stereocenters. The van der Waals surface area contributed by atoms with E-state index >= 15 is 0 Å². The lowest BCUT2D eigenvalue weighted by Gasteiger charge is -2.12. The first-order valence-electron chi connectivity index (χ1n) is 7.68. The van der Waals surface area contributed by atoms with Crippen LogP contribution in [0.5, 0.6) is 5.75 Å². The third-order valence-corrected chi connectivity index (χ3v) is 4.79. The van der Waals surface area contributed by atoms with Gasteiger partial charge in [0.15, 0.2) is 0 Å². The van der Waals surface area contributed by atoms with Crippen molar-refractivity contribution >= 4 is 34.1 Å². The molecule has 0 radical (unpaired) electrons. The molecule has 2 heterocycles. The van der Waals surface area contributed by atoms with Crippen molar-refractivity contribution < 1.29 is 9.53 Å². The number of hydrogen-bond acceptors (Lipinski definition) is 5. The van der Waals surface area contributed by atoms with Crippen molar-refractivity contribution in [2.45, 2.75) is 6.42 Å². The molecule has 0 saturated carbocycles. The maximum atomic E-state index is 12.1. The van der Waals surface area contributed by atoms with Gasteiger partial charge in [-0.2, -0.15) is 0 Å². The number of carbonyl (C=O) groups excluding carboxylic acids is 1. The van der Waals surface area contributed by atoms with Crippen LogP contribution in [-0.4, -0.2) is 33.8 Å². The van der Waals surface area contributed by atoms with Crippen molar-refractivity contribution in [3.8, 4) is 5.75 Å². The van der Waals surface area contributed by atoms with Gasteiger partial charge in [-0.15, -0.1) is 11.3 Å². The number of aromatic nitrogens is 3. The zero-order valence-corrected chi connectivity index (χ0v) is 15.0. The summed E-state index contributed by atoms with van der Waals surface area (Å²) in [7, 11) is 4.91. The smallest absolute Gasteiger partial charge is 0.328 e. The number of thiazole rings is 1. The van der Waals surface area contributed by atoms with Crippen LogP contribution in [-0.2, 0) is 20.5 Å². The summed E-state index contributed by atoms with van der Waals surface area (Å²) in [6.45, 7) is 0.480. The summed E-state index contributed by atoms with van der Waals surface area (Å²) >= 11 is 1.55. The molecule has 132 valence electrons. The van der Waals surface area contributed by atoms with Crippen LogP contribution in [0, 0.1) is 0 Å². The third kappa shape index (κ3) is 3.36. The second kappa shape index (κ2) is 6.98. The van der Waals surface area contributed by atoms with E-state index in [4.69, 9.17) is 4.74 Å². The molecule has 3 rings (SSSR count). The Kier molecular flexibility index (Phi) is 4.75. The molecule has 25 heavy (non-hydrogen) atoms. The van der Waals surface area contributed by atoms with Crippen molar-refractivity contribution in [1.29, 1.82) is 0 Å². The average molecular weight is 361 g/mol. The number of ether oxygens (including phenoxy) is 1. The first-order valence-corrected chi connectivity index (χ1v) is 8.56. The van der Waals surface area contributed by atoms with Crippen molar-refractivity contribution in [2.75, 3.05) is 19.0 Å². The Morgan fingerprint density at radius 2 is 2.00 bits per heavy atom. The fourth-order valence-electron chi connectivity index (χ4n) is 2.62. The number of amides is 2. The van der Waals surface area contributed by atoms with Gasteiger partial charge in [-0.25, -0.2) is 14.6 Å². The Hall–Kier alpha value is -2.81. The first-order chi connectivity index (χ1) is 12.0. The van der Waals surface area contributed by atoms with Crippen molar-refractivity contribution in [2.24, 2.45) is 14.1 Å². The third-order valence-electron chi connectivity index (χ3n) is 3.95. The van der Waals surface area contributed by atoms with E-state index in [9.17, 15) is 9.59 Å². The standard InChI is InChI=1S/C16H19N5O3S/c1-20-11-8-10(13(24-3)9-12(11)21(2)16(20)23)19-15(22)18-5-4-14-17-6-7-25-14/h6-9H,4-5H2,1-3H3,(H2,18,19,22). The van der Waals surface area contributed by atoms with E-state index in [1.165, 1.54) is 16.2 Å². The number of anilines is 1. The molecule has 0 unspecified atom stereocenters. The summed E-state index contributed by atoms with van der Waals surface area (Å²) in [6.07, 6.45) is 2.42. The highest BCUT2D eigenvalue weighted by molar-refractivity contribution is 7.09. The molecule has 2 amide bonds. The lowest BCUT2D eigenvalue weighted by atomic mass is 10.2. The zero-order chi connectivity index (χ0) is 18.0. The minimum atomic E-state index is -0.338. The van der Waals surface area contributed by atoms with E-state index in [-0.39, 0.29) is 11.7 Å². The van der Waals surface area contributed by atoms with Gasteiger partial charge in [0.25, 0.3) is 0 Å². The number of benzene rings is 1. The van der Waals surface area contributed by atoms with Gasteiger partial charge in [-0.1, -0.05) is 0 Å². The fourth-order valence-corrected chi connectivity index (χ4v) is 3.24. The Morgan fingerprint density at radius 1 is 1.28 bits per heavy atom. The van der Waals surface area contributed by atoms with Gasteiger partial charge >= 0.3 is 11.7 Å². The SMILES string of the molecule is COc1cc2c(cc1NC(=O)NCCc1nccs1)n(C)c(=O)n2C. The highest BCUT2D eigenvalue weighted by Gasteiger charge is 2.14. The molecule has 9 heteroatoms. The summed E-state index contributed by atoms with van der Waals surface area (Å²) in [5, 5.41) is 8.43. The summed E-state index contributed by atoms with van der Waals surface area (Å²) < 4.78 is 8.41. The molecule has 0 aliphatic carbocycles. The molecule has 2 N–H and O–H groups in total. The number of urea groups is 1. The van der Waals surface area contributed by atoms with E-state index in [1.54, 1.807) is 43.8 Å². The van der Waals surface area contributed by atoms with Gasteiger partial charge in [0.2, 0.25) is 0 Å². The van der Waals surface area contributed by atoms with Crippen molar-refractivity contribution in [1.82, 2.24) is 19.4 Å². The second-order valence-electron chi connectivity index (χ2n) is 5.50. The predicted molar refractivity (Wildman–Crippen MR) is 97.6 cm³/mol. The average Bonchev–Trinajstić information content (AvgIpc) is 3.18. The molecule has 0 saturated heterocycles. The molecule has 0 aliphatic rings. The molecule has 0 spiro atoms. The number of nitrogens with one attached hydrogen (secondary N) is 2. The highest BCUT2D eigenvalue weighted by atomic mass is 32.1. The minimum absolute atomic E-state index is 0.137. The Morgan fingerprint density at radius 3 is 2.64 bits per heavy atom. The van der Waals surface area contributed by atoms with E-state index in [0.29, 0.717) is 29.9 Å². The number of nitrogens with zero attached hydrogens (tertiary/aromatic N) is 3. The minimum Gasteiger partial charge on any atom is -0.494 e. The number of aryl methyl sites for hydroxylation is 2. The normalized spacial score (nSPS) is 10.8. The number of methoxy groups -OCH3 is 1. The molecule has 8 nitrogen and oxygen atoms in total. The van der Waals surface area contributed by atoms with E-state index in [2.05, 4.69) is 15.6 Å².